The van der Waals surface area contributed by atoms with E-state index in [2.05, 4.69) is 0 Å². The van der Waals surface area contributed by atoms with Crippen LogP contribution in [0.4, 0.5) is 0 Å². The van der Waals surface area contributed by atoms with E-state index in [0.29, 0.717) is 19.6 Å². The van der Waals surface area contributed by atoms with Crippen molar-refractivity contribution in [1.82, 2.24) is 4.90 Å². The van der Waals surface area contributed by atoms with Crippen LogP contribution in [-0.2, 0) is 11.3 Å². The lowest BCUT2D eigenvalue weighted by molar-refractivity contribution is -0.131. The number of carboxylic acids is 1. The van der Waals surface area contributed by atoms with E-state index in [1.54, 1.807) is 36.2 Å². The van der Waals surface area contributed by atoms with Crippen molar-refractivity contribution in [1.29, 1.82) is 0 Å². The SMILES string of the molecule is CN(Cc1ccc(C(=O)O)cc1)C(=O)CC1CCOc2ccccc21. The van der Waals surface area contributed by atoms with Gasteiger partial charge in [-0.2, -0.15) is 0 Å². The summed E-state index contributed by atoms with van der Waals surface area (Å²) in [7, 11) is 1.78. The molecule has 130 valence electrons. The lowest BCUT2D eigenvalue weighted by atomic mass is 9.90. The third kappa shape index (κ3) is 3.99. The quantitative estimate of drug-likeness (QED) is 0.908. The molecular weight excluding hydrogens is 318 g/mol. The van der Waals surface area contributed by atoms with E-state index in [0.717, 1.165) is 23.3 Å². The van der Waals surface area contributed by atoms with Crippen molar-refractivity contribution in [3.8, 4) is 5.75 Å². The number of rotatable bonds is 5. The molecule has 1 heterocycles. The summed E-state index contributed by atoms with van der Waals surface area (Å²) in [5.74, 6) is 0.172. The number of carbonyl (C=O) groups excluding carboxylic acids is 1. The molecule has 1 unspecified atom stereocenters. The van der Waals surface area contributed by atoms with Crippen molar-refractivity contribution >= 4 is 11.9 Å². The van der Waals surface area contributed by atoms with Gasteiger partial charge in [-0.1, -0.05) is 30.3 Å². The van der Waals surface area contributed by atoms with Crippen LogP contribution in [0.15, 0.2) is 48.5 Å². The lowest BCUT2D eigenvalue weighted by Gasteiger charge is -2.27. The van der Waals surface area contributed by atoms with Crippen LogP contribution in [0.1, 0.15) is 40.2 Å². The summed E-state index contributed by atoms with van der Waals surface area (Å²) in [4.78, 5) is 25.2. The first-order valence-corrected chi connectivity index (χ1v) is 8.32. The van der Waals surface area contributed by atoms with Gasteiger partial charge < -0.3 is 14.7 Å². The van der Waals surface area contributed by atoms with Gasteiger partial charge in [0.2, 0.25) is 5.91 Å². The largest absolute Gasteiger partial charge is 0.493 e. The van der Waals surface area contributed by atoms with Gasteiger partial charge in [0.1, 0.15) is 5.75 Å². The summed E-state index contributed by atoms with van der Waals surface area (Å²) in [6.45, 7) is 1.10. The van der Waals surface area contributed by atoms with Crippen LogP contribution in [0.5, 0.6) is 5.75 Å². The van der Waals surface area contributed by atoms with Gasteiger partial charge in [0.25, 0.3) is 0 Å². The fourth-order valence-electron chi connectivity index (χ4n) is 3.11. The minimum atomic E-state index is -0.950. The molecule has 1 N–H and O–H groups in total. The number of hydrogen-bond acceptors (Lipinski definition) is 3. The Morgan fingerprint density at radius 1 is 1.16 bits per heavy atom. The van der Waals surface area contributed by atoms with Crippen LogP contribution in [0.25, 0.3) is 0 Å². The topological polar surface area (TPSA) is 66.8 Å². The van der Waals surface area contributed by atoms with E-state index in [1.807, 2.05) is 24.3 Å². The Hall–Kier alpha value is -2.82. The molecule has 2 aromatic carbocycles. The molecule has 25 heavy (non-hydrogen) atoms. The van der Waals surface area contributed by atoms with Crippen molar-refractivity contribution in [3.05, 3.63) is 65.2 Å². The minimum absolute atomic E-state index is 0.0732. The van der Waals surface area contributed by atoms with Crippen LogP contribution in [-0.4, -0.2) is 35.5 Å². The molecule has 1 amide bonds. The van der Waals surface area contributed by atoms with Gasteiger partial charge in [0, 0.05) is 20.0 Å². The van der Waals surface area contributed by atoms with Crippen molar-refractivity contribution < 1.29 is 19.4 Å². The van der Waals surface area contributed by atoms with Crippen molar-refractivity contribution in [2.45, 2.75) is 25.3 Å². The molecule has 0 fully saturated rings. The molecule has 1 aliphatic rings. The van der Waals surface area contributed by atoms with Gasteiger partial charge in [-0.3, -0.25) is 4.79 Å². The van der Waals surface area contributed by atoms with Gasteiger partial charge >= 0.3 is 5.97 Å². The van der Waals surface area contributed by atoms with Crippen LogP contribution in [0, 0.1) is 0 Å². The molecule has 0 saturated heterocycles. The van der Waals surface area contributed by atoms with E-state index in [1.165, 1.54) is 0 Å². The van der Waals surface area contributed by atoms with Crippen LogP contribution >= 0.6 is 0 Å². The second-order valence-corrected chi connectivity index (χ2v) is 6.33. The van der Waals surface area contributed by atoms with Gasteiger partial charge in [-0.15, -0.1) is 0 Å². The van der Waals surface area contributed by atoms with Gasteiger partial charge in [-0.25, -0.2) is 4.79 Å². The highest BCUT2D eigenvalue weighted by Crippen LogP contribution is 2.35. The number of aromatic carboxylic acids is 1. The minimum Gasteiger partial charge on any atom is -0.493 e. The Labute approximate surface area is 146 Å². The Bertz CT molecular complexity index is 770. The van der Waals surface area contributed by atoms with E-state index >= 15 is 0 Å². The fourth-order valence-corrected chi connectivity index (χ4v) is 3.11. The highest BCUT2D eigenvalue weighted by molar-refractivity contribution is 5.87. The number of fused-ring (bicyclic) bond motifs is 1. The van der Waals surface area contributed by atoms with E-state index in [9.17, 15) is 9.59 Å². The standard InChI is InChI=1S/C20H21NO4/c1-21(13-14-6-8-15(9-7-14)20(23)24)19(22)12-16-10-11-25-18-5-3-2-4-17(16)18/h2-9,16H,10-13H2,1H3,(H,23,24). The van der Waals surface area contributed by atoms with E-state index in [-0.39, 0.29) is 17.4 Å². The number of carboxylic acid groups (broad SMARTS) is 1. The fraction of sp³-hybridized carbons (Fsp3) is 0.300. The zero-order valence-electron chi connectivity index (χ0n) is 14.1. The number of benzene rings is 2. The first kappa shape index (κ1) is 17.0. The molecule has 5 nitrogen and oxygen atoms in total. The maximum atomic E-state index is 12.6. The number of ether oxygens (including phenoxy) is 1. The molecule has 2 aromatic rings. The third-order valence-electron chi connectivity index (χ3n) is 4.55. The normalized spacial score (nSPS) is 15.8. The third-order valence-corrected chi connectivity index (χ3v) is 4.55. The number of nitrogens with zero attached hydrogens (tertiary/aromatic N) is 1. The van der Waals surface area contributed by atoms with E-state index in [4.69, 9.17) is 9.84 Å². The maximum absolute atomic E-state index is 12.6. The number of amides is 1. The second-order valence-electron chi connectivity index (χ2n) is 6.33. The predicted octanol–water partition coefficient (Wildman–Crippen LogP) is 3.30. The summed E-state index contributed by atoms with van der Waals surface area (Å²) in [5.41, 5.74) is 2.26. The summed E-state index contributed by atoms with van der Waals surface area (Å²) in [6, 6.07) is 14.5. The first-order chi connectivity index (χ1) is 12.0. The van der Waals surface area contributed by atoms with Crippen LogP contribution < -0.4 is 4.74 Å². The lowest BCUT2D eigenvalue weighted by Crippen LogP contribution is -2.29. The van der Waals surface area contributed by atoms with Gasteiger partial charge in [0.15, 0.2) is 0 Å². The Morgan fingerprint density at radius 3 is 2.60 bits per heavy atom. The zero-order valence-corrected chi connectivity index (χ0v) is 14.1. The highest BCUT2D eigenvalue weighted by atomic mass is 16.5. The molecule has 0 aromatic heterocycles. The zero-order chi connectivity index (χ0) is 17.8. The van der Waals surface area contributed by atoms with Crippen molar-refractivity contribution in [2.75, 3.05) is 13.7 Å². The average Bonchev–Trinajstić information content (AvgIpc) is 2.62. The average molecular weight is 339 g/mol. The Kier molecular flexibility index (Phi) is 5.03. The number of hydrogen-bond donors (Lipinski definition) is 1. The summed E-state index contributed by atoms with van der Waals surface area (Å²) >= 11 is 0. The van der Waals surface area contributed by atoms with Crippen LogP contribution in [0.2, 0.25) is 0 Å². The molecule has 3 rings (SSSR count). The molecule has 0 saturated carbocycles. The monoisotopic (exact) mass is 339 g/mol. The van der Waals surface area contributed by atoms with Gasteiger partial charge in [-0.05, 0) is 41.7 Å². The smallest absolute Gasteiger partial charge is 0.335 e. The van der Waals surface area contributed by atoms with E-state index < -0.39 is 5.97 Å². The maximum Gasteiger partial charge on any atom is 0.335 e. The van der Waals surface area contributed by atoms with Crippen LogP contribution in [0.3, 0.4) is 0 Å². The summed E-state index contributed by atoms with van der Waals surface area (Å²) in [5, 5.41) is 8.93. The summed E-state index contributed by atoms with van der Waals surface area (Å²) in [6.07, 6.45) is 1.29. The highest BCUT2D eigenvalue weighted by Gasteiger charge is 2.24. The molecule has 0 spiro atoms. The molecule has 1 aliphatic heterocycles. The number of carbonyl (C=O) groups is 2. The molecule has 0 aliphatic carbocycles. The first-order valence-electron chi connectivity index (χ1n) is 8.32. The molecular formula is C20H21NO4. The molecule has 5 heteroatoms. The molecule has 0 radical (unpaired) electrons. The summed E-state index contributed by atoms with van der Waals surface area (Å²) < 4.78 is 5.65. The van der Waals surface area contributed by atoms with Crippen molar-refractivity contribution in [3.63, 3.8) is 0 Å². The molecule has 1 atom stereocenters. The van der Waals surface area contributed by atoms with Gasteiger partial charge in [0.05, 0.1) is 12.2 Å². The van der Waals surface area contributed by atoms with Crippen molar-refractivity contribution in [2.24, 2.45) is 0 Å². The Morgan fingerprint density at radius 2 is 1.88 bits per heavy atom. The molecule has 0 bridgehead atoms. The predicted molar refractivity (Wildman–Crippen MR) is 93.8 cm³/mol. The second kappa shape index (κ2) is 7.38. The number of para-hydroxylation sites is 1. The Balaban J connectivity index is 1.62.